The molecule has 1 amide bonds. The van der Waals surface area contributed by atoms with Gasteiger partial charge < -0.3 is 19.4 Å². The topological polar surface area (TPSA) is 65.4 Å². The highest BCUT2D eigenvalue weighted by Crippen LogP contribution is 2.26. The van der Waals surface area contributed by atoms with Crippen LogP contribution >= 0.6 is 0 Å². The summed E-state index contributed by atoms with van der Waals surface area (Å²) in [6.45, 7) is 3.81. The first-order chi connectivity index (χ1) is 16.2. The normalized spacial score (nSPS) is 10.8. The minimum atomic E-state index is -0.0547. The Kier molecular flexibility index (Phi) is 7.25. The highest BCUT2D eigenvalue weighted by molar-refractivity contribution is 5.95. The van der Waals surface area contributed by atoms with Gasteiger partial charge in [0.15, 0.2) is 11.5 Å². The average molecular weight is 444 g/mol. The number of aryl methyl sites for hydroxylation is 2. The number of ether oxygens (including phenoxy) is 2. The summed E-state index contributed by atoms with van der Waals surface area (Å²) in [7, 11) is 1.64. The van der Waals surface area contributed by atoms with Crippen molar-refractivity contribution in [1.82, 2.24) is 14.9 Å². The minimum absolute atomic E-state index is 0.0547. The first kappa shape index (κ1) is 22.4. The van der Waals surface area contributed by atoms with Crippen LogP contribution in [0, 0.1) is 6.92 Å². The molecule has 0 spiro atoms. The number of fused-ring (bicyclic) bond motifs is 1. The van der Waals surface area contributed by atoms with Crippen molar-refractivity contribution < 1.29 is 14.3 Å². The lowest BCUT2D eigenvalue weighted by Gasteiger charge is -2.12. The predicted octanol–water partition coefficient (Wildman–Crippen LogP) is 4.79. The Morgan fingerprint density at radius 3 is 2.52 bits per heavy atom. The Morgan fingerprint density at radius 2 is 1.70 bits per heavy atom. The van der Waals surface area contributed by atoms with Gasteiger partial charge in [0, 0.05) is 25.1 Å². The van der Waals surface area contributed by atoms with Gasteiger partial charge in [-0.2, -0.15) is 0 Å². The largest absolute Gasteiger partial charge is 0.493 e. The molecule has 6 heteroatoms. The molecule has 0 saturated carbocycles. The van der Waals surface area contributed by atoms with Crippen molar-refractivity contribution in [1.29, 1.82) is 0 Å². The van der Waals surface area contributed by atoms with Crippen LogP contribution in [0.1, 0.15) is 28.2 Å². The fourth-order valence-corrected chi connectivity index (χ4v) is 3.92. The number of aromatic nitrogens is 2. The van der Waals surface area contributed by atoms with Crippen LogP contribution in [-0.4, -0.2) is 35.7 Å². The second-order valence-electron chi connectivity index (χ2n) is 7.84. The number of amides is 1. The van der Waals surface area contributed by atoms with Crippen LogP contribution in [0.3, 0.4) is 0 Å². The first-order valence-corrected chi connectivity index (χ1v) is 11.2. The molecule has 0 atom stereocenters. The van der Waals surface area contributed by atoms with Gasteiger partial charge in [-0.05, 0) is 49.2 Å². The van der Waals surface area contributed by atoms with Crippen LogP contribution in [0.5, 0.6) is 11.5 Å². The molecular formula is C27H29N3O3. The monoisotopic (exact) mass is 443 g/mol. The zero-order chi connectivity index (χ0) is 23.0. The number of methoxy groups -OCH3 is 1. The Hall–Kier alpha value is -3.80. The quantitative estimate of drug-likeness (QED) is 0.358. The van der Waals surface area contributed by atoms with Gasteiger partial charge in [0.1, 0.15) is 5.82 Å². The van der Waals surface area contributed by atoms with E-state index in [0.717, 1.165) is 46.9 Å². The molecule has 1 N–H and O–H groups in total. The number of hydrogen-bond acceptors (Lipinski definition) is 4. The Labute approximate surface area is 194 Å². The van der Waals surface area contributed by atoms with Crippen LogP contribution in [0.4, 0.5) is 0 Å². The number of hydrogen-bond donors (Lipinski definition) is 1. The molecule has 0 fully saturated rings. The molecule has 1 aromatic heterocycles. The number of rotatable bonds is 10. The molecule has 0 saturated heterocycles. The summed E-state index contributed by atoms with van der Waals surface area (Å²) in [4.78, 5) is 17.4. The molecule has 0 radical (unpaired) electrons. The van der Waals surface area contributed by atoms with E-state index in [1.165, 1.54) is 0 Å². The van der Waals surface area contributed by atoms with Crippen LogP contribution < -0.4 is 14.8 Å². The van der Waals surface area contributed by atoms with Gasteiger partial charge >= 0.3 is 0 Å². The molecule has 4 rings (SSSR count). The lowest BCUT2D eigenvalue weighted by molar-refractivity contribution is 0.0953. The molecule has 4 aromatic rings. The van der Waals surface area contributed by atoms with Gasteiger partial charge in [0.05, 0.1) is 24.8 Å². The summed E-state index contributed by atoms with van der Waals surface area (Å²) in [5.41, 5.74) is 3.73. The van der Waals surface area contributed by atoms with Gasteiger partial charge in [-0.1, -0.05) is 42.5 Å². The second-order valence-corrected chi connectivity index (χ2v) is 7.84. The maximum atomic E-state index is 12.5. The Bertz CT molecular complexity index is 1230. The maximum absolute atomic E-state index is 12.5. The number of benzene rings is 3. The molecule has 6 nitrogen and oxygen atoms in total. The van der Waals surface area contributed by atoms with Crippen LogP contribution in [-0.2, 0) is 13.0 Å². The molecule has 0 bridgehead atoms. The van der Waals surface area contributed by atoms with Crippen LogP contribution in [0.2, 0.25) is 0 Å². The second kappa shape index (κ2) is 10.7. The van der Waals surface area contributed by atoms with Crippen molar-refractivity contribution in [2.24, 2.45) is 0 Å². The smallest absolute Gasteiger partial charge is 0.251 e. The number of imidazole rings is 1. The third-order valence-electron chi connectivity index (χ3n) is 5.61. The zero-order valence-corrected chi connectivity index (χ0v) is 19.1. The summed E-state index contributed by atoms with van der Waals surface area (Å²) < 4.78 is 13.5. The van der Waals surface area contributed by atoms with E-state index in [2.05, 4.69) is 16.0 Å². The number of nitrogens with one attached hydrogen (secondary N) is 1. The van der Waals surface area contributed by atoms with E-state index in [1.54, 1.807) is 7.11 Å². The van der Waals surface area contributed by atoms with Crippen molar-refractivity contribution in [2.75, 3.05) is 20.3 Å². The van der Waals surface area contributed by atoms with E-state index in [1.807, 2.05) is 73.7 Å². The third-order valence-corrected chi connectivity index (χ3v) is 5.61. The van der Waals surface area contributed by atoms with Gasteiger partial charge in [-0.3, -0.25) is 4.79 Å². The van der Waals surface area contributed by atoms with E-state index >= 15 is 0 Å². The van der Waals surface area contributed by atoms with Crippen LogP contribution in [0.15, 0.2) is 72.8 Å². The number of para-hydroxylation sites is 4. The van der Waals surface area contributed by atoms with E-state index in [0.29, 0.717) is 25.1 Å². The summed E-state index contributed by atoms with van der Waals surface area (Å²) >= 11 is 0. The van der Waals surface area contributed by atoms with E-state index < -0.39 is 0 Å². The molecule has 0 aliphatic heterocycles. The fraction of sp³-hybridized carbons (Fsp3) is 0.259. The number of nitrogens with zero attached hydrogens (tertiary/aromatic N) is 2. The van der Waals surface area contributed by atoms with Gasteiger partial charge in [-0.15, -0.1) is 0 Å². The van der Waals surface area contributed by atoms with Crippen molar-refractivity contribution in [3.63, 3.8) is 0 Å². The molecule has 3 aromatic carbocycles. The Balaban J connectivity index is 1.39. The van der Waals surface area contributed by atoms with E-state index in [4.69, 9.17) is 14.5 Å². The lowest BCUT2D eigenvalue weighted by atomic mass is 10.1. The summed E-state index contributed by atoms with van der Waals surface area (Å²) in [6.07, 6.45) is 1.47. The number of carbonyl (C=O) groups excluding carboxylic acids is 1. The average Bonchev–Trinajstić information content (AvgIpc) is 3.19. The third kappa shape index (κ3) is 5.34. The molecule has 0 aliphatic carbocycles. The zero-order valence-electron chi connectivity index (χ0n) is 19.1. The standard InChI is InChI=1S/C27H29N3O3/c1-20-10-3-4-11-21(20)27(31)28-17-16-26-29-22-12-5-6-13-23(22)30(26)18-9-19-33-25-15-8-7-14-24(25)32-2/h3-8,10-15H,9,16-19H2,1-2H3,(H,28,31). The van der Waals surface area contributed by atoms with Crippen molar-refractivity contribution in [2.45, 2.75) is 26.3 Å². The minimum Gasteiger partial charge on any atom is -0.493 e. The fourth-order valence-electron chi connectivity index (χ4n) is 3.92. The van der Waals surface area contributed by atoms with E-state index in [-0.39, 0.29) is 5.91 Å². The summed E-state index contributed by atoms with van der Waals surface area (Å²) in [5.74, 6) is 2.38. The molecule has 1 heterocycles. The van der Waals surface area contributed by atoms with Crippen LogP contribution in [0.25, 0.3) is 11.0 Å². The number of carbonyl (C=O) groups is 1. The maximum Gasteiger partial charge on any atom is 0.251 e. The van der Waals surface area contributed by atoms with Gasteiger partial charge in [0.25, 0.3) is 5.91 Å². The molecule has 0 aliphatic rings. The predicted molar refractivity (Wildman–Crippen MR) is 130 cm³/mol. The molecule has 33 heavy (non-hydrogen) atoms. The first-order valence-electron chi connectivity index (χ1n) is 11.2. The van der Waals surface area contributed by atoms with Gasteiger partial charge in [0.2, 0.25) is 0 Å². The summed E-state index contributed by atoms with van der Waals surface area (Å²) in [6, 6.07) is 23.4. The van der Waals surface area contributed by atoms with Gasteiger partial charge in [-0.25, -0.2) is 4.98 Å². The SMILES string of the molecule is COc1ccccc1OCCCn1c(CCNC(=O)c2ccccc2C)nc2ccccc21. The molecular weight excluding hydrogens is 414 g/mol. The van der Waals surface area contributed by atoms with Crippen molar-refractivity contribution >= 4 is 16.9 Å². The molecule has 170 valence electrons. The van der Waals surface area contributed by atoms with Crippen molar-refractivity contribution in [3.05, 3.63) is 89.7 Å². The van der Waals surface area contributed by atoms with Crippen molar-refractivity contribution in [3.8, 4) is 11.5 Å². The highest BCUT2D eigenvalue weighted by atomic mass is 16.5. The Morgan fingerprint density at radius 1 is 0.970 bits per heavy atom. The summed E-state index contributed by atoms with van der Waals surface area (Å²) in [5, 5.41) is 3.03. The highest BCUT2D eigenvalue weighted by Gasteiger charge is 2.12. The van der Waals surface area contributed by atoms with E-state index in [9.17, 15) is 4.79 Å². The lowest BCUT2D eigenvalue weighted by Crippen LogP contribution is -2.27. The molecule has 0 unspecified atom stereocenters.